The molecule has 0 aliphatic heterocycles. The lowest BCUT2D eigenvalue weighted by Crippen LogP contribution is -2.24. The monoisotopic (exact) mass is 231 g/mol. The lowest BCUT2D eigenvalue weighted by molar-refractivity contribution is 0.0953. The first-order valence-corrected chi connectivity index (χ1v) is 6.02. The Morgan fingerprint density at radius 1 is 1.41 bits per heavy atom. The van der Waals surface area contributed by atoms with E-state index in [0.717, 1.165) is 36.7 Å². The molecule has 0 aliphatic carbocycles. The first-order chi connectivity index (χ1) is 8.31. The van der Waals surface area contributed by atoms with Crippen LogP contribution in [-0.2, 0) is 0 Å². The highest BCUT2D eigenvalue weighted by Gasteiger charge is 2.06. The van der Waals surface area contributed by atoms with Gasteiger partial charge in [0.15, 0.2) is 0 Å². The van der Waals surface area contributed by atoms with Gasteiger partial charge >= 0.3 is 0 Å². The van der Waals surface area contributed by atoms with Crippen LogP contribution in [0.3, 0.4) is 0 Å². The summed E-state index contributed by atoms with van der Waals surface area (Å²) in [5.74, 6) is -0.0161. The van der Waals surface area contributed by atoms with E-state index in [4.69, 9.17) is 0 Å². The zero-order valence-corrected chi connectivity index (χ0v) is 9.99. The average molecular weight is 231 g/mol. The Kier molecular flexibility index (Phi) is 3.75. The lowest BCUT2D eigenvalue weighted by Gasteiger charge is -2.04. The van der Waals surface area contributed by atoms with Crippen LogP contribution in [-0.4, -0.2) is 22.6 Å². The molecule has 17 heavy (non-hydrogen) atoms. The van der Waals surface area contributed by atoms with Gasteiger partial charge in [-0.2, -0.15) is 5.10 Å². The lowest BCUT2D eigenvalue weighted by atomic mass is 10.1. The first kappa shape index (κ1) is 11.6. The Balaban J connectivity index is 1.98. The molecule has 2 aromatic rings. The maximum absolute atomic E-state index is 11.8. The number of hydrogen-bond acceptors (Lipinski definition) is 2. The van der Waals surface area contributed by atoms with Gasteiger partial charge in [0.2, 0.25) is 0 Å². The number of nitrogens with one attached hydrogen (secondary N) is 2. The number of H-pyrrole nitrogens is 1. The van der Waals surface area contributed by atoms with E-state index in [1.807, 2.05) is 18.2 Å². The van der Waals surface area contributed by atoms with Gasteiger partial charge in [0.05, 0.1) is 11.7 Å². The van der Waals surface area contributed by atoms with E-state index in [-0.39, 0.29) is 5.91 Å². The summed E-state index contributed by atoms with van der Waals surface area (Å²) in [7, 11) is 0. The summed E-state index contributed by atoms with van der Waals surface area (Å²) in [6.45, 7) is 2.89. The quantitative estimate of drug-likeness (QED) is 0.777. The molecule has 1 amide bonds. The minimum absolute atomic E-state index is 0.0161. The summed E-state index contributed by atoms with van der Waals surface area (Å²) in [6, 6.07) is 5.56. The summed E-state index contributed by atoms with van der Waals surface area (Å²) in [5.41, 5.74) is 1.57. The minimum Gasteiger partial charge on any atom is -0.352 e. The van der Waals surface area contributed by atoms with Crippen molar-refractivity contribution in [3.8, 4) is 0 Å². The SMILES string of the molecule is CCCCCNC(=O)c1ccc2cn[nH]c2c1. The van der Waals surface area contributed by atoms with Gasteiger partial charge in [-0.1, -0.05) is 25.8 Å². The highest BCUT2D eigenvalue weighted by atomic mass is 16.1. The van der Waals surface area contributed by atoms with Gasteiger partial charge in [-0.15, -0.1) is 0 Å². The van der Waals surface area contributed by atoms with Gasteiger partial charge in [0, 0.05) is 17.5 Å². The van der Waals surface area contributed by atoms with Crippen molar-refractivity contribution >= 4 is 16.8 Å². The average Bonchev–Trinajstić information content (AvgIpc) is 2.81. The van der Waals surface area contributed by atoms with Crippen molar-refractivity contribution < 1.29 is 4.79 Å². The number of hydrogen-bond donors (Lipinski definition) is 2. The zero-order valence-electron chi connectivity index (χ0n) is 9.99. The zero-order chi connectivity index (χ0) is 12.1. The normalized spacial score (nSPS) is 10.6. The summed E-state index contributed by atoms with van der Waals surface area (Å²) >= 11 is 0. The number of carbonyl (C=O) groups excluding carboxylic acids is 1. The molecule has 4 nitrogen and oxygen atoms in total. The number of nitrogens with zero attached hydrogens (tertiary/aromatic N) is 1. The fourth-order valence-electron chi connectivity index (χ4n) is 1.76. The first-order valence-electron chi connectivity index (χ1n) is 6.02. The molecule has 1 heterocycles. The van der Waals surface area contributed by atoms with E-state index in [9.17, 15) is 4.79 Å². The largest absolute Gasteiger partial charge is 0.352 e. The van der Waals surface area contributed by atoms with Crippen molar-refractivity contribution in [1.82, 2.24) is 15.5 Å². The second-order valence-electron chi connectivity index (χ2n) is 4.14. The molecule has 2 N–H and O–H groups in total. The van der Waals surface area contributed by atoms with Gasteiger partial charge in [-0.25, -0.2) is 0 Å². The molecular weight excluding hydrogens is 214 g/mol. The highest BCUT2D eigenvalue weighted by molar-refractivity contribution is 5.97. The predicted molar refractivity (Wildman–Crippen MR) is 68.0 cm³/mol. The number of rotatable bonds is 5. The Labute approximate surface area is 100 Å². The van der Waals surface area contributed by atoms with Gasteiger partial charge in [-0.05, 0) is 18.6 Å². The molecule has 0 aliphatic rings. The maximum Gasteiger partial charge on any atom is 0.251 e. The van der Waals surface area contributed by atoms with Crippen LogP contribution >= 0.6 is 0 Å². The van der Waals surface area contributed by atoms with Crippen LogP contribution in [0.2, 0.25) is 0 Å². The predicted octanol–water partition coefficient (Wildman–Crippen LogP) is 2.48. The van der Waals surface area contributed by atoms with Crippen LogP contribution in [0.5, 0.6) is 0 Å². The van der Waals surface area contributed by atoms with Gasteiger partial charge in [0.1, 0.15) is 0 Å². The second-order valence-corrected chi connectivity index (χ2v) is 4.14. The number of unbranched alkanes of at least 4 members (excludes halogenated alkanes) is 2. The Hall–Kier alpha value is -1.84. The molecule has 4 heteroatoms. The van der Waals surface area contributed by atoms with Crippen LogP contribution < -0.4 is 5.32 Å². The van der Waals surface area contributed by atoms with Crippen LogP contribution in [0, 0.1) is 0 Å². The topological polar surface area (TPSA) is 57.8 Å². The maximum atomic E-state index is 11.8. The van der Waals surface area contributed by atoms with Crippen LogP contribution in [0.4, 0.5) is 0 Å². The smallest absolute Gasteiger partial charge is 0.251 e. The van der Waals surface area contributed by atoms with Crippen LogP contribution in [0.1, 0.15) is 36.5 Å². The molecule has 2 rings (SSSR count). The minimum atomic E-state index is -0.0161. The van der Waals surface area contributed by atoms with E-state index < -0.39 is 0 Å². The van der Waals surface area contributed by atoms with Gasteiger partial charge in [0.25, 0.3) is 5.91 Å². The van der Waals surface area contributed by atoms with Crippen molar-refractivity contribution in [3.05, 3.63) is 30.0 Å². The molecule has 1 aromatic carbocycles. The third-order valence-corrected chi connectivity index (χ3v) is 2.77. The van der Waals surface area contributed by atoms with E-state index >= 15 is 0 Å². The van der Waals surface area contributed by atoms with E-state index in [0.29, 0.717) is 5.56 Å². The summed E-state index contributed by atoms with van der Waals surface area (Å²) < 4.78 is 0. The number of fused-ring (bicyclic) bond motifs is 1. The Bertz CT molecular complexity index is 504. The Morgan fingerprint density at radius 3 is 3.12 bits per heavy atom. The van der Waals surface area contributed by atoms with Crippen LogP contribution in [0.25, 0.3) is 10.9 Å². The molecule has 0 fully saturated rings. The molecule has 0 saturated heterocycles. The highest BCUT2D eigenvalue weighted by Crippen LogP contribution is 2.12. The summed E-state index contributed by atoms with van der Waals surface area (Å²) in [6.07, 6.45) is 5.10. The van der Waals surface area contributed by atoms with Gasteiger partial charge in [-0.3, -0.25) is 9.89 Å². The van der Waals surface area contributed by atoms with Crippen molar-refractivity contribution in [3.63, 3.8) is 0 Å². The molecule has 0 bridgehead atoms. The number of aromatic nitrogens is 2. The van der Waals surface area contributed by atoms with Crippen molar-refractivity contribution in [2.24, 2.45) is 0 Å². The number of aromatic amines is 1. The standard InChI is InChI=1S/C13H17N3O/c1-2-3-4-7-14-13(17)10-5-6-11-9-15-16-12(11)8-10/h5-6,8-9H,2-4,7H2,1H3,(H,14,17)(H,15,16). The molecule has 1 aromatic heterocycles. The van der Waals surface area contributed by atoms with Crippen molar-refractivity contribution in [1.29, 1.82) is 0 Å². The number of carbonyl (C=O) groups is 1. The Morgan fingerprint density at radius 2 is 2.29 bits per heavy atom. The van der Waals surface area contributed by atoms with Crippen molar-refractivity contribution in [2.45, 2.75) is 26.2 Å². The molecule has 90 valence electrons. The van der Waals surface area contributed by atoms with Gasteiger partial charge < -0.3 is 5.32 Å². The van der Waals surface area contributed by atoms with Crippen molar-refractivity contribution in [2.75, 3.05) is 6.54 Å². The molecule has 0 saturated carbocycles. The number of benzene rings is 1. The van der Waals surface area contributed by atoms with Crippen LogP contribution in [0.15, 0.2) is 24.4 Å². The molecular formula is C13H17N3O. The molecule has 0 spiro atoms. The number of amides is 1. The third-order valence-electron chi connectivity index (χ3n) is 2.77. The fourth-order valence-corrected chi connectivity index (χ4v) is 1.76. The van der Waals surface area contributed by atoms with E-state index in [1.54, 1.807) is 6.20 Å². The third kappa shape index (κ3) is 2.84. The summed E-state index contributed by atoms with van der Waals surface area (Å²) in [5, 5.41) is 10.7. The van der Waals surface area contributed by atoms with E-state index in [2.05, 4.69) is 22.4 Å². The molecule has 0 unspecified atom stereocenters. The second kappa shape index (κ2) is 5.48. The fraction of sp³-hybridized carbons (Fsp3) is 0.385. The molecule has 0 radical (unpaired) electrons. The van der Waals surface area contributed by atoms with E-state index in [1.165, 1.54) is 0 Å². The summed E-state index contributed by atoms with van der Waals surface area (Å²) in [4.78, 5) is 11.8. The molecule has 0 atom stereocenters.